The predicted octanol–water partition coefficient (Wildman–Crippen LogP) is 2.10. The van der Waals surface area contributed by atoms with Gasteiger partial charge in [-0.2, -0.15) is 5.26 Å². The van der Waals surface area contributed by atoms with Gasteiger partial charge in [-0.3, -0.25) is 4.79 Å². The van der Waals surface area contributed by atoms with Gasteiger partial charge in [0, 0.05) is 24.3 Å². The molecule has 4 N–H and O–H groups in total. The number of H-pyrrole nitrogens is 1. The third kappa shape index (κ3) is 3.73. The average molecular weight is 361 g/mol. The quantitative estimate of drug-likeness (QED) is 0.562. The number of aromatic amines is 1. The number of piperidine rings is 1. The molecule has 2 aromatic heterocycles. The summed E-state index contributed by atoms with van der Waals surface area (Å²) < 4.78 is 0. The minimum absolute atomic E-state index is 0.255. The fourth-order valence-electron chi connectivity index (χ4n) is 3.20. The molecular formula is C19H19N7O. The minimum atomic E-state index is -0.255. The Morgan fingerprint density at radius 1 is 1.26 bits per heavy atom. The summed E-state index contributed by atoms with van der Waals surface area (Å²) in [5.41, 5.74) is 1.62. The summed E-state index contributed by atoms with van der Waals surface area (Å²) in [6.07, 6.45) is 3.56. The van der Waals surface area contributed by atoms with Crippen molar-refractivity contribution < 1.29 is 0 Å². The van der Waals surface area contributed by atoms with Gasteiger partial charge in [0.1, 0.15) is 17.0 Å². The first-order valence-corrected chi connectivity index (χ1v) is 8.86. The summed E-state index contributed by atoms with van der Waals surface area (Å²) >= 11 is 0. The number of anilines is 3. The number of nitriles is 1. The van der Waals surface area contributed by atoms with Gasteiger partial charge in [-0.05, 0) is 43.7 Å². The lowest BCUT2D eigenvalue weighted by atomic mass is 10.1. The van der Waals surface area contributed by atoms with E-state index in [0.29, 0.717) is 28.1 Å². The number of benzene rings is 1. The van der Waals surface area contributed by atoms with Crippen LogP contribution in [0.15, 0.2) is 41.5 Å². The number of pyridine rings is 1. The molecule has 1 aliphatic heterocycles. The van der Waals surface area contributed by atoms with E-state index < -0.39 is 0 Å². The van der Waals surface area contributed by atoms with Gasteiger partial charge in [-0.1, -0.05) is 0 Å². The van der Waals surface area contributed by atoms with Crippen LogP contribution in [0.4, 0.5) is 17.3 Å². The van der Waals surface area contributed by atoms with Crippen LogP contribution in [0.2, 0.25) is 0 Å². The largest absolute Gasteiger partial charge is 0.366 e. The molecule has 1 fully saturated rings. The first-order valence-electron chi connectivity index (χ1n) is 8.86. The molecule has 27 heavy (non-hydrogen) atoms. The number of nitrogens with one attached hydrogen (secondary N) is 4. The summed E-state index contributed by atoms with van der Waals surface area (Å²) in [6.45, 7) is 1.91. The van der Waals surface area contributed by atoms with E-state index in [1.54, 1.807) is 30.3 Å². The Bertz CT molecular complexity index is 1050. The van der Waals surface area contributed by atoms with Crippen molar-refractivity contribution in [1.29, 1.82) is 5.26 Å². The molecule has 0 bridgehead atoms. The lowest BCUT2D eigenvalue weighted by Gasteiger charge is -2.24. The minimum Gasteiger partial charge on any atom is -0.366 e. The van der Waals surface area contributed by atoms with Gasteiger partial charge in [-0.15, -0.1) is 0 Å². The molecule has 1 aromatic carbocycles. The molecule has 4 rings (SSSR count). The van der Waals surface area contributed by atoms with E-state index in [9.17, 15) is 4.79 Å². The van der Waals surface area contributed by atoms with Crippen LogP contribution in [0.25, 0.3) is 10.9 Å². The zero-order chi connectivity index (χ0) is 18.6. The number of aromatic nitrogens is 3. The lowest BCUT2D eigenvalue weighted by molar-refractivity contribution is 0.479. The van der Waals surface area contributed by atoms with Crippen molar-refractivity contribution in [3.05, 3.63) is 52.6 Å². The topological polar surface area (TPSA) is 119 Å². The highest BCUT2D eigenvalue weighted by Gasteiger charge is 2.16. The smallest absolute Gasteiger partial charge is 0.262 e. The fourth-order valence-corrected chi connectivity index (χ4v) is 3.20. The molecule has 8 heteroatoms. The maximum atomic E-state index is 12.3. The van der Waals surface area contributed by atoms with Crippen LogP contribution in [0.5, 0.6) is 0 Å². The highest BCUT2D eigenvalue weighted by Crippen LogP contribution is 2.24. The van der Waals surface area contributed by atoms with Crippen LogP contribution >= 0.6 is 0 Å². The highest BCUT2D eigenvalue weighted by atomic mass is 16.1. The van der Waals surface area contributed by atoms with Crippen molar-refractivity contribution in [3.8, 4) is 6.07 Å². The van der Waals surface area contributed by atoms with Crippen molar-refractivity contribution in [1.82, 2.24) is 20.3 Å². The molecule has 1 aliphatic rings. The second-order valence-corrected chi connectivity index (χ2v) is 6.48. The number of hydrogen-bond donors (Lipinski definition) is 4. The van der Waals surface area contributed by atoms with Gasteiger partial charge in [0.25, 0.3) is 5.56 Å². The molecular weight excluding hydrogens is 342 g/mol. The normalized spacial score (nSPS) is 16.6. The van der Waals surface area contributed by atoms with Crippen molar-refractivity contribution in [2.24, 2.45) is 0 Å². The van der Waals surface area contributed by atoms with Crippen molar-refractivity contribution >= 4 is 28.2 Å². The van der Waals surface area contributed by atoms with E-state index in [4.69, 9.17) is 5.26 Å². The summed E-state index contributed by atoms with van der Waals surface area (Å²) in [7, 11) is 0. The van der Waals surface area contributed by atoms with E-state index >= 15 is 0 Å². The molecule has 1 atom stereocenters. The molecule has 3 aromatic rings. The monoisotopic (exact) mass is 361 g/mol. The molecule has 1 saturated heterocycles. The van der Waals surface area contributed by atoms with E-state index in [1.165, 1.54) is 6.33 Å². The molecule has 0 radical (unpaired) electrons. The fraction of sp³-hybridized carbons (Fsp3) is 0.263. The van der Waals surface area contributed by atoms with Crippen LogP contribution in [0.3, 0.4) is 0 Å². The highest BCUT2D eigenvalue weighted by molar-refractivity contribution is 5.92. The Morgan fingerprint density at radius 3 is 2.85 bits per heavy atom. The van der Waals surface area contributed by atoms with E-state index in [0.717, 1.165) is 31.6 Å². The first kappa shape index (κ1) is 17.0. The molecule has 0 saturated carbocycles. The zero-order valence-electron chi connectivity index (χ0n) is 14.6. The van der Waals surface area contributed by atoms with E-state index in [-0.39, 0.29) is 11.6 Å². The van der Waals surface area contributed by atoms with Gasteiger partial charge in [-0.25, -0.2) is 9.97 Å². The van der Waals surface area contributed by atoms with Gasteiger partial charge in [0.05, 0.1) is 23.5 Å². The Labute approximate surface area is 155 Å². The third-order valence-corrected chi connectivity index (χ3v) is 4.55. The van der Waals surface area contributed by atoms with Crippen LogP contribution in [-0.2, 0) is 0 Å². The first-order chi connectivity index (χ1) is 13.2. The molecule has 0 spiro atoms. The summed E-state index contributed by atoms with van der Waals surface area (Å²) in [4.78, 5) is 23.9. The van der Waals surface area contributed by atoms with Crippen molar-refractivity contribution in [2.75, 3.05) is 23.7 Å². The predicted molar refractivity (Wildman–Crippen MR) is 104 cm³/mol. The van der Waals surface area contributed by atoms with Crippen LogP contribution in [0.1, 0.15) is 18.4 Å². The molecule has 3 heterocycles. The van der Waals surface area contributed by atoms with Crippen LogP contribution in [-0.4, -0.2) is 34.1 Å². The molecule has 8 nitrogen and oxygen atoms in total. The Hall–Kier alpha value is -3.44. The Balaban J connectivity index is 1.71. The van der Waals surface area contributed by atoms with Gasteiger partial charge in [0.15, 0.2) is 0 Å². The molecule has 0 unspecified atom stereocenters. The van der Waals surface area contributed by atoms with Gasteiger partial charge < -0.3 is 20.9 Å². The lowest BCUT2D eigenvalue weighted by Crippen LogP contribution is -2.38. The van der Waals surface area contributed by atoms with Gasteiger partial charge in [0.2, 0.25) is 0 Å². The maximum absolute atomic E-state index is 12.3. The second kappa shape index (κ2) is 7.43. The molecule has 0 aliphatic carbocycles. The Morgan fingerprint density at radius 2 is 2.11 bits per heavy atom. The van der Waals surface area contributed by atoms with Crippen LogP contribution in [0, 0.1) is 11.3 Å². The standard InChI is InChI=1S/C19H19N7O/c20-9-12-3-5-13(6-4-12)25-18-17-15(22-11-23-19(17)27)8-16(26-18)24-14-2-1-7-21-10-14/h3-6,8,11,14,21H,1-2,7,10H2,(H,22,23,27)(H2,24,25,26)/t14-/m1/s1. The maximum Gasteiger partial charge on any atom is 0.262 e. The average Bonchev–Trinajstić information content (AvgIpc) is 2.69. The number of rotatable bonds is 4. The number of fused-ring (bicyclic) bond motifs is 1. The molecule has 136 valence electrons. The van der Waals surface area contributed by atoms with Crippen molar-refractivity contribution in [3.63, 3.8) is 0 Å². The zero-order valence-corrected chi connectivity index (χ0v) is 14.6. The SMILES string of the molecule is N#Cc1ccc(Nc2nc(N[C@@H]3CCCNC3)cc3nc[nH]c(=O)c23)cc1. The van der Waals surface area contributed by atoms with Crippen LogP contribution < -0.4 is 21.5 Å². The third-order valence-electron chi connectivity index (χ3n) is 4.55. The summed E-state index contributed by atoms with van der Waals surface area (Å²) in [6, 6.07) is 11.1. The second-order valence-electron chi connectivity index (χ2n) is 6.48. The molecule has 0 amide bonds. The number of nitrogens with zero attached hydrogens (tertiary/aromatic N) is 3. The summed E-state index contributed by atoms with van der Waals surface area (Å²) in [5, 5.41) is 19.3. The van der Waals surface area contributed by atoms with Crippen molar-refractivity contribution in [2.45, 2.75) is 18.9 Å². The van der Waals surface area contributed by atoms with Gasteiger partial charge >= 0.3 is 0 Å². The van der Waals surface area contributed by atoms with E-state index in [2.05, 4.69) is 37.0 Å². The number of hydrogen-bond acceptors (Lipinski definition) is 7. The summed E-state index contributed by atoms with van der Waals surface area (Å²) in [5.74, 6) is 1.10. The van der Waals surface area contributed by atoms with E-state index in [1.807, 2.05) is 0 Å². The Kier molecular flexibility index (Phi) is 4.68.